The molecule has 0 heterocycles. The van der Waals surface area contributed by atoms with E-state index in [-0.39, 0.29) is 24.6 Å². The van der Waals surface area contributed by atoms with Gasteiger partial charge >= 0.3 is 5.97 Å². The predicted octanol–water partition coefficient (Wildman–Crippen LogP) is 3.95. The molecule has 27 heavy (non-hydrogen) atoms. The quantitative estimate of drug-likeness (QED) is 0.466. The van der Waals surface area contributed by atoms with Crippen LogP contribution < -0.4 is 9.47 Å². The Morgan fingerprint density at radius 1 is 1.19 bits per heavy atom. The minimum Gasteiger partial charge on any atom is -0.493 e. The Bertz CT molecular complexity index is 677. The number of esters is 1. The third-order valence-electron chi connectivity index (χ3n) is 3.69. The Balaban J connectivity index is 2.76. The largest absolute Gasteiger partial charge is 0.493 e. The molecule has 0 atom stereocenters. The van der Waals surface area contributed by atoms with Gasteiger partial charge in [-0.15, -0.1) is 0 Å². The number of hydrogen-bond acceptors (Lipinski definition) is 5. The molecule has 0 spiro atoms. The van der Waals surface area contributed by atoms with Crippen molar-refractivity contribution >= 4 is 29.6 Å². The van der Waals surface area contributed by atoms with E-state index in [2.05, 4.69) is 0 Å². The van der Waals surface area contributed by atoms with Crippen molar-refractivity contribution in [3.8, 4) is 11.5 Å². The topological polar surface area (TPSA) is 65.1 Å². The van der Waals surface area contributed by atoms with Gasteiger partial charge in [0.05, 0.1) is 18.7 Å². The number of amides is 1. The maximum absolute atomic E-state index is 12.2. The van der Waals surface area contributed by atoms with Crippen LogP contribution in [0.15, 0.2) is 18.2 Å². The van der Waals surface area contributed by atoms with Crippen molar-refractivity contribution in [1.29, 1.82) is 0 Å². The van der Waals surface area contributed by atoms with E-state index in [0.717, 1.165) is 0 Å². The first-order chi connectivity index (χ1) is 12.7. The van der Waals surface area contributed by atoms with Gasteiger partial charge in [0.2, 0.25) is 0 Å². The Morgan fingerprint density at radius 3 is 2.33 bits per heavy atom. The molecule has 0 bridgehead atoms. The van der Waals surface area contributed by atoms with Crippen LogP contribution in [0.1, 0.15) is 40.2 Å². The van der Waals surface area contributed by atoms with Gasteiger partial charge < -0.3 is 19.1 Å². The Labute approximate surface area is 166 Å². The molecule has 0 aliphatic rings. The average molecular weight is 398 g/mol. The van der Waals surface area contributed by atoms with E-state index in [1.807, 2.05) is 34.6 Å². The maximum Gasteiger partial charge on any atom is 0.331 e. The van der Waals surface area contributed by atoms with Crippen molar-refractivity contribution in [1.82, 2.24) is 4.90 Å². The summed E-state index contributed by atoms with van der Waals surface area (Å²) in [6.07, 6.45) is 2.79. The first-order valence-electron chi connectivity index (χ1n) is 8.87. The lowest BCUT2D eigenvalue weighted by Gasteiger charge is -2.30. The second-order valence-corrected chi connectivity index (χ2v) is 6.80. The van der Waals surface area contributed by atoms with Gasteiger partial charge in [0.15, 0.2) is 18.1 Å². The molecule has 6 nitrogen and oxygen atoms in total. The highest BCUT2D eigenvalue weighted by molar-refractivity contribution is 6.32. The number of hydrogen-bond donors (Lipinski definition) is 0. The van der Waals surface area contributed by atoms with Crippen molar-refractivity contribution < 1.29 is 23.8 Å². The summed E-state index contributed by atoms with van der Waals surface area (Å²) in [7, 11) is 1.51. The highest BCUT2D eigenvalue weighted by atomic mass is 35.5. The number of benzene rings is 1. The second-order valence-electron chi connectivity index (χ2n) is 6.40. The zero-order chi connectivity index (χ0) is 20.6. The van der Waals surface area contributed by atoms with E-state index in [0.29, 0.717) is 28.7 Å². The van der Waals surface area contributed by atoms with Crippen molar-refractivity contribution in [2.75, 3.05) is 20.3 Å². The number of carbonyl (C=O) groups excluding carboxylic acids is 2. The SMILES string of the molecule is CCOc1c(Cl)cc(/C=C/C(=O)OCC(=O)N(C(C)C)C(C)C)cc1OC. The van der Waals surface area contributed by atoms with Gasteiger partial charge in [-0.3, -0.25) is 4.79 Å². The molecule has 1 amide bonds. The molecule has 1 rings (SSSR count). The summed E-state index contributed by atoms with van der Waals surface area (Å²) in [6.45, 7) is 9.68. The maximum atomic E-state index is 12.2. The summed E-state index contributed by atoms with van der Waals surface area (Å²) in [5, 5.41) is 0.379. The molecule has 0 saturated heterocycles. The summed E-state index contributed by atoms with van der Waals surface area (Å²) in [6, 6.07) is 3.42. The minimum absolute atomic E-state index is 0.0326. The van der Waals surface area contributed by atoms with Crippen LogP contribution in [0.2, 0.25) is 5.02 Å². The fourth-order valence-electron chi connectivity index (χ4n) is 2.71. The van der Waals surface area contributed by atoms with Gasteiger partial charge in [0, 0.05) is 18.2 Å². The lowest BCUT2D eigenvalue weighted by molar-refractivity contribution is -0.150. The Hall–Kier alpha value is -2.21. The molecule has 1 aromatic rings. The van der Waals surface area contributed by atoms with E-state index >= 15 is 0 Å². The van der Waals surface area contributed by atoms with Crippen LogP contribution in [0.4, 0.5) is 0 Å². The van der Waals surface area contributed by atoms with Crippen LogP contribution in [0, 0.1) is 0 Å². The number of ether oxygens (including phenoxy) is 3. The number of rotatable bonds is 9. The molecule has 0 unspecified atom stereocenters. The lowest BCUT2D eigenvalue weighted by Crippen LogP contribution is -2.44. The molecule has 0 radical (unpaired) electrons. The zero-order valence-electron chi connectivity index (χ0n) is 16.7. The van der Waals surface area contributed by atoms with E-state index in [9.17, 15) is 9.59 Å². The minimum atomic E-state index is -0.611. The van der Waals surface area contributed by atoms with Crippen LogP contribution in [-0.2, 0) is 14.3 Å². The molecular weight excluding hydrogens is 370 g/mol. The van der Waals surface area contributed by atoms with Crippen molar-refractivity contribution in [2.24, 2.45) is 0 Å². The van der Waals surface area contributed by atoms with Crippen LogP contribution in [-0.4, -0.2) is 49.2 Å². The average Bonchev–Trinajstić information content (AvgIpc) is 2.59. The molecular formula is C20H28ClNO5. The highest BCUT2D eigenvalue weighted by Crippen LogP contribution is 2.36. The normalized spacial score (nSPS) is 11.1. The Kier molecular flexibility index (Phi) is 9.15. The third-order valence-corrected chi connectivity index (χ3v) is 3.97. The van der Waals surface area contributed by atoms with Gasteiger partial charge in [-0.05, 0) is 58.4 Å². The number of nitrogens with zero attached hydrogens (tertiary/aromatic N) is 1. The van der Waals surface area contributed by atoms with Crippen LogP contribution in [0.3, 0.4) is 0 Å². The first-order valence-corrected chi connectivity index (χ1v) is 9.25. The fourth-order valence-corrected chi connectivity index (χ4v) is 2.99. The smallest absolute Gasteiger partial charge is 0.331 e. The van der Waals surface area contributed by atoms with Gasteiger partial charge in [0.25, 0.3) is 5.91 Å². The molecule has 0 aliphatic carbocycles. The molecule has 0 N–H and O–H groups in total. The van der Waals surface area contributed by atoms with E-state index in [1.165, 1.54) is 13.2 Å². The summed E-state index contributed by atoms with van der Waals surface area (Å²) < 4.78 is 15.8. The monoisotopic (exact) mass is 397 g/mol. The number of methoxy groups -OCH3 is 1. The molecule has 1 aromatic carbocycles. The van der Waals surface area contributed by atoms with E-state index in [1.54, 1.807) is 23.1 Å². The van der Waals surface area contributed by atoms with Crippen molar-refractivity contribution in [3.05, 3.63) is 28.8 Å². The van der Waals surface area contributed by atoms with Crippen molar-refractivity contribution in [3.63, 3.8) is 0 Å². The van der Waals surface area contributed by atoms with E-state index in [4.69, 9.17) is 25.8 Å². The summed E-state index contributed by atoms with van der Waals surface area (Å²) in [4.78, 5) is 25.8. The van der Waals surface area contributed by atoms with Gasteiger partial charge in [0.1, 0.15) is 0 Å². The van der Waals surface area contributed by atoms with Crippen LogP contribution in [0.5, 0.6) is 11.5 Å². The first kappa shape index (κ1) is 22.8. The predicted molar refractivity (Wildman–Crippen MR) is 106 cm³/mol. The van der Waals surface area contributed by atoms with Gasteiger partial charge in [-0.25, -0.2) is 4.79 Å². The molecule has 0 aliphatic heterocycles. The van der Waals surface area contributed by atoms with E-state index < -0.39 is 5.97 Å². The zero-order valence-corrected chi connectivity index (χ0v) is 17.5. The molecule has 0 saturated carbocycles. The highest BCUT2D eigenvalue weighted by Gasteiger charge is 2.20. The lowest BCUT2D eigenvalue weighted by atomic mass is 10.2. The number of carbonyl (C=O) groups is 2. The molecule has 0 fully saturated rings. The molecule has 150 valence electrons. The number of halogens is 1. The molecule has 7 heteroatoms. The van der Waals surface area contributed by atoms with Crippen molar-refractivity contribution in [2.45, 2.75) is 46.7 Å². The summed E-state index contributed by atoms with van der Waals surface area (Å²) >= 11 is 6.20. The second kappa shape index (κ2) is 10.8. The van der Waals surface area contributed by atoms with Crippen LogP contribution >= 0.6 is 11.6 Å². The summed E-state index contributed by atoms with van der Waals surface area (Å²) in [5.41, 5.74) is 0.648. The fraction of sp³-hybridized carbons (Fsp3) is 0.500. The Morgan fingerprint density at radius 2 is 1.81 bits per heavy atom. The van der Waals surface area contributed by atoms with Gasteiger partial charge in [-0.1, -0.05) is 11.6 Å². The third kappa shape index (κ3) is 6.79. The van der Waals surface area contributed by atoms with Gasteiger partial charge in [-0.2, -0.15) is 0 Å². The molecule has 0 aromatic heterocycles. The summed E-state index contributed by atoms with van der Waals surface area (Å²) in [5.74, 6) is 0.0822. The van der Waals surface area contributed by atoms with Crippen LogP contribution in [0.25, 0.3) is 6.08 Å². The standard InChI is InChI=1S/C20H28ClNO5/c1-7-26-20-16(21)10-15(11-17(20)25-6)8-9-19(24)27-12-18(23)22(13(2)3)14(4)5/h8-11,13-14H,7,12H2,1-6H3/b9-8+.